The summed E-state index contributed by atoms with van der Waals surface area (Å²) in [6.45, 7) is 10.9. The topological polar surface area (TPSA) is 67.1 Å². The third kappa shape index (κ3) is 7.72. The zero-order chi connectivity index (χ0) is 21.3. The van der Waals surface area contributed by atoms with Gasteiger partial charge in [0.15, 0.2) is 11.8 Å². The van der Waals surface area contributed by atoms with Gasteiger partial charge in [0.2, 0.25) is 0 Å². The van der Waals surface area contributed by atoms with Gasteiger partial charge in [-0.05, 0) is 48.3 Å². The van der Waals surface area contributed by atoms with E-state index in [1.165, 1.54) is 11.1 Å². The molecule has 1 aromatic carbocycles. The van der Waals surface area contributed by atoms with Crippen molar-refractivity contribution >= 4 is 17.7 Å². The van der Waals surface area contributed by atoms with Crippen LogP contribution in [0.2, 0.25) is 0 Å². The number of nitrogens with one attached hydrogen (secondary N) is 2. The smallest absolute Gasteiger partial charge is 0.191 e. The number of rotatable bonds is 9. The van der Waals surface area contributed by atoms with E-state index in [0.717, 1.165) is 49.3 Å². The van der Waals surface area contributed by atoms with Crippen molar-refractivity contribution in [3.8, 4) is 0 Å². The van der Waals surface area contributed by atoms with E-state index in [9.17, 15) is 0 Å². The van der Waals surface area contributed by atoms with Gasteiger partial charge in [-0.25, -0.2) is 4.99 Å². The summed E-state index contributed by atoms with van der Waals surface area (Å²) in [7, 11) is 1.97. The molecule has 29 heavy (non-hydrogen) atoms. The van der Waals surface area contributed by atoms with Crippen molar-refractivity contribution in [2.45, 2.75) is 52.5 Å². The third-order valence-corrected chi connectivity index (χ3v) is 5.60. The number of hydrogen-bond acceptors (Lipinski definition) is 4. The maximum absolute atomic E-state index is 4.71. The fraction of sp³-hybridized carbons (Fsp3) is 0.591. The fourth-order valence-electron chi connectivity index (χ4n) is 2.83. The third-order valence-electron chi connectivity index (χ3n) is 4.91. The predicted octanol–water partition coefficient (Wildman–Crippen LogP) is 3.45. The summed E-state index contributed by atoms with van der Waals surface area (Å²) in [5.41, 5.74) is 2.89. The molecular formula is C22H36N6S. The van der Waals surface area contributed by atoms with Crippen molar-refractivity contribution in [2.75, 3.05) is 25.1 Å². The van der Waals surface area contributed by atoms with Crippen LogP contribution in [0.25, 0.3) is 0 Å². The average Bonchev–Trinajstić information content (AvgIpc) is 3.00. The van der Waals surface area contributed by atoms with Crippen LogP contribution < -0.4 is 10.6 Å². The van der Waals surface area contributed by atoms with Gasteiger partial charge in [-0.1, -0.05) is 45.0 Å². The Morgan fingerprint density at radius 2 is 1.79 bits per heavy atom. The molecule has 0 saturated carbocycles. The Hall–Kier alpha value is -2.02. The van der Waals surface area contributed by atoms with Gasteiger partial charge in [0.1, 0.15) is 12.4 Å². The molecule has 0 aliphatic carbocycles. The molecule has 0 aliphatic heterocycles. The van der Waals surface area contributed by atoms with E-state index in [0.29, 0.717) is 6.54 Å². The number of thioether (sulfide) groups is 1. The highest BCUT2D eigenvalue weighted by atomic mass is 32.2. The molecule has 2 aromatic rings. The summed E-state index contributed by atoms with van der Waals surface area (Å²) >= 11 is 1.86. The molecular weight excluding hydrogens is 380 g/mol. The van der Waals surface area contributed by atoms with E-state index >= 15 is 0 Å². The summed E-state index contributed by atoms with van der Waals surface area (Å²) in [6, 6.07) is 8.93. The largest absolute Gasteiger partial charge is 0.356 e. The van der Waals surface area contributed by atoms with E-state index < -0.39 is 0 Å². The molecule has 0 fully saturated rings. The zero-order valence-corrected chi connectivity index (χ0v) is 19.6. The van der Waals surface area contributed by atoms with Crippen molar-refractivity contribution < 1.29 is 0 Å². The number of benzene rings is 1. The number of guanidine groups is 1. The normalized spacial score (nSPS) is 12.3. The molecule has 1 heterocycles. The molecule has 0 atom stereocenters. The van der Waals surface area contributed by atoms with E-state index in [1.807, 2.05) is 30.3 Å². The molecule has 2 N–H and O–H groups in total. The van der Waals surface area contributed by atoms with Gasteiger partial charge in [-0.2, -0.15) is 11.8 Å². The Bertz CT molecular complexity index is 774. The van der Waals surface area contributed by atoms with Crippen LogP contribution in [0.4, 0.5) is 0 Å². The van der Waals surface area contributed by atoms with E-state index in [4.69, 9.17) is 4.99 Å². The minimum Gasteiger partial charge on any atom is -0.356 e. The molecule has 0 bridgehead atoms. The molecule has 1 aromatic heterocycles. The van der Waals surface area contributed by atoms with Gasteiger partial charge in [-0.3, -0.25) is 0 Å². The molecule has 0 spiro atoms. The molecule has 2 rings (SSSR count). The Morgan fingerprint density at radius 3 is 2.38 bits per heavy atom. The van der Waals surface area contributed by atoms with Crippen LogP contribution in [0.15, 0.2) is 29.3 Å². The Kier molecular flexibility index (Phi) is 9.01. The SMILES string of the molecule is CSCCCNC(=NCc1nnc(C)n1C)NCCc1ccc(C(C)(C)C)cc1. The number of hydrogen-bond donors (Lipinski definition) is 2. The van der Waals surface area contributed by atoms with E-state index in [2.05, 4.69) is 72.1 Å². The Morgan fingerprint density at radius 1 is 1.10 bits per heavy atom. The lowest BCUT2D eigenvalue weighted by Crippen LogP contribution is -2.39. The van der Waals surface area contributed by atoms with Crippen LogP contribution >= 0.6 is 11.8 Å². The van der Waals surface area contributed by atoms with Crippen LogP contribution in [0.3, 0.4) is 0 Å². The fourth-order valence-corrected chi connectivity index (χ4v) is 3.27. The minimum atomic E-state index is 0.190. The molecule has 0 aliphatic rings. The van der Waals surface area contributed by atoms with Crippen LogP contribution in [0, 0.1) is 6.92 Å². The molecule has 7 heteroatoms. The van der Waals surface area contributed by atoms with Crippen LogP contribution in [-0.4, -0.2) is 45.8 Å². The van der Waals surface area contributed by atoms with Crippen molar-refractivity contribution in [1.82, 2.24) is 25.4 Å². The first-order valence-corrected chi connectivity index (χ1v) is 11.7. The number of aromatic nitrogens is 3. The van der Waals surface area contributed by atoms with Crippen LogP contribution in [0.5, 0.6) is 0 Å². The lowest BCUT2D eigenvalue weighted by Gasteiger charge is -2.19. The maximum atomic E-state index is 4.71. The van der Waals surface area contributed by atoms with Gasteiger partial charge in [0.25, 0.3) is 0 Å². The number of aryl methyl sites for hydroxylation is 1. The minimum absolute atomic E-state index is 0.190. The molecule has 0 saturated heterocycles. The van der Waals surface area contributed by atoms with Crippen molar-refractivity contribution in [3.63, 3.8) is 0 Å². The van der Waals surface area contributed by atoms with Crippen molar-refractivity contribution in [3.05, 3.63) is 47.0 Å². The highest BCUT2D eigenvalue weighted by Gasteiger charge is 2.12. The molecule has 0 radical (unpaired) electrons. The second kappa shape index (κ2) is 11.2. The summed E-state index contributed by atoms with van der Waals surface area (Å²) < 4.78 is 1.98. The highest BCUT2D eigenvalue weighted by Crippen LogP contribution is 2.22. The Labute approximate surface area is 180 Å². The summed E-state index contributed by atoms with van der Waals surface area (Å²) in [5, 5.41) is 15.2. The van der Waals surface area contributed by atoms with Gasteiger partial charge in [0.05, 0.1) is 0 Å². The average molecular weight is 417 g/mol. The lowest BCUT2D eigenvalue weighted by molar-refractivity contribution is 0.590. The summed E-state index contributed by atoms with van der Waals surface area (Å²) in [5.74, 6) is 3.74. The van der Waals surface area contributed by atoms with E-state index in [-0.39, 0.29) is 5.41 Å². The van der Waals surface area contributed by atoms with Gasteiger partial charge in [-0.15, -0.1) is 10.2 Å². The van der Waals surface area contributed by atoms with Crippen LogP contribution in [0.1, 0.15) is 50.0 Å². The molecule has 160 valence electrons. The monoisotopic (exact) mass is 416 g/mol. The first-order valence-electron chi connectivity index (χ1n) is 10.3. The van der Waals surface area contributed by atoms with Gasteiger partial charge in [0, 0.05) is 20.1 Å². The van der Waals surface area contributed by atoms with Gasteiger partial charge < -0.3 is 15.2 Å². The molecule has 0 unspecified atom stereocenters. The second-order valence-electron chi connectivity index (χ2n) is 8.28. The quantitative estimate of drug-likeness (QED) is 0.372. The van der Waals surface area contributed by atoms with E-state index in [1.54, 1.807) is 0 Å². The predicted molar refractivity (Wildman–Crippen MR) is 125 cm³/mol. The highest BCUT2D eigenvalue weighted by molar-refractivity contribution is 7.98. The van der Waals surface area contributed by atoms with Crippen LogP contribution in [-0.2, 0) is 25.4 Å². The number of nitrogens with zero attached hydrogens (tertiary/aromatic N) is 4. The number of aliphatic imine (C=N–C) groups is 1. The summed E-state index contributed by atoms with van der Waals surface area (Å²) in [6.07, 6.45) is 4.20. The zero-order valence-electron chi connectivity index (χ0n) is 18.7. The van der Waals surface area contributed by atoms with Gasteiger partial charge >= 0.3 is 0 Å². The van der Waals surface area contributed by atoms with Crippen molar-refractivity contribution in [1.29, 1.82) is 0 Å². The first kappa shape index (κ1) is 23.3. The lowest BCUT2D eigenvalue weighted by atomic mass is 9.86. The van der Waals surface area contributed by atoms with Crippen molar-refractivity contribution in [2.24, 2.45) is 12.0 Å². The molecule has 6 nitrogen and oxygen atoms in total. The Balaban J connectivity index is 1.92. The standard InChI is InChI=1S/C22H36N6S/c1-17-26-27-20(28(17)5)16-25-21(23-13-7-15-29-6)24-14-12-18-8-10-19(11-9-18)22(2,3)4/h8-11H,7,12-16H2,1-6H3,(H2,23,24,25). The first-order chi connectivity index (χ1) is 13.8. The molecule has 0 amide bonds. The summed E-state index contributed by atoms with van der Waals surface area (Å²) in [4.78, 5) is 4.71. The maximum Gasteiger partial charge on any atom is 0.191 e. The second-order valence-corrected chi connectivity index (χ2v) is 9.27.